The van der Waals surface area contributed by atoms with Crippen molar-refractivity contribution in [1.82, 2.24) is 9.78 Å². The number of aromatic nitrogens is 2. The monoisotopic (exact) mass is 161 g/mol. The molecule has 0 amide bonds. The van der Waals surface area contributed by atoms with Crippen LogP contribution in [-0.4, -0.2) is 9.78 Å². The van der Waals surface area contributed by atoms with Gasteiger partial charge in [0.2, 0.25) is 0 Å². The van der Waals surface area contributed by atoms with Gasteiger partial charge >= 0.3 is 0 Å². The lowest BCUT2D eigenvalue weighted by Gasteiger charge is -1.95. The van der Waals surface area contributed by atoms with Crippen LogP contribution in [0.2, 0.25) is 0 Å². The zero-order chi connectivity index (χ0) is 8.72. The maximum absolute atomic E-state index is 5.79. The second kappa shape index (κ2) is 2.24. The molecule has 0 unspecified atom stereocenters. The minimum Gasteiger partial charge on any atom is -0.397 e. The van der Waals surface area contributed by atoms with Crippen molar-refractivity contribution in [2.45, 2.75) is 6.92 Å². The van der Waals surface area contributed by atoms with Gasteiger partial charge in [-0.05, 0) is 24.6 Å². The van der Waals surface area contributed by atoms with E-state index >= 15 is 0 Å². The number of hydrogen-bond acceptors (Lipinski definition) is 2. The Bertz CT molecular complexity index is 429. The van der Waals surface area contributed by atoms with E-state index in [1.54, 1.807) is 4.68 Å². The quantitative estimate of drug-likeness (QED) is 0.594. The zero-order valence-corrected chi connectivity index (χ0v) is 7.20. The number of benzene rings is 1. The minimum absolute atomic E-state index is 0.755. The van der Waals surface area contributed by atoms with Crippen molar-refractivity contribution in [3.63, 3.8) is 0 Å². The molecule has 2 N–H and O–H groups in total. The predicted octanol–water partition coefficient (Wildman–Crippen LogP) is 1.46. The topological polar surface area (TPSA) is 43.8 Å². The maximum atomic E-state index is 5.79. The van der Waals surface area contributed by atoms with E-state index in [0.29, 0.717) is 0 Å². The van der Waals surface area contributed by atoms with E-state index in [1.165, 1.54) is 5.56 Å². The molecule has 1 aromatic carbocycles. The molecule has 0 bridgehead atoms. The molecule has 0 fully saturated rings. The van der Waals surface area contributed by atoms with Crippen LogP contribution in [0.15, 0.2) is 18.3 Å². The highest BCUT2D eigenvalue weighted by molar-refractivity contribution is 5.89. The lowest BCUT2D eigenvalue weighted by atomic mass is 10.1. The summed E-state index contributed by atoms with van der Waals surface area (Å²) in [7, 11) is 1.90. The zero-order valence-electron chi connectivity index (χ0n) is 7.20. The standard InChI is InChI=1S/C9H11N3/c1-6-3-7-5-12(2)11-9(7)8(10)4-6/h3-5H,10H2,1-2H3. The van der Waals surface area contributed by atoms with Crippen LogP contribution in [0.1, 0.15) is 5.56 Å². The number of fused-ring (bicyclic) bond motifs is 1. The average Bonchev–Trinajstić information content (AvgIpc) is 2.29. The highest BCUT2D eigenvalue weighted by Gasteiger charge is 2.02. The molecular weight excluding hydrogens is 150 g/mol. The SMILES string of the molecule is Cc1cc(N)c2nn(C)cc2c1. The van der Waals surface area contributed by atoms with Gasteiger partial charge in [0, 0.05) is 18.6 Å². The van der Waals surface area contributed by atoms with Gasteiger partial charge in [0.05, 0.1) is 5.69 Å². The summed E-state index contributed by atoms with van der Waals surface area (Å²) in [6, 6.07) is 4.02. The number of aryl methyl sites for hydroxylation is 2. The fourth-order valence-corrected chi connectivity index (χ4v) is 1.44. The van der Waals surface area contributed by atoms with E-state index in [9.17, 15) is 0 Å². The number of nitrogens with two attached hydrogens (primary N) is 1. The van der Waals surface area contributed by atoms with Crippen molar-refractivity contribution in [1.29, 1.82) is 0 Å². The van der Waals surface area contributed by atoms with Gasteiger partial charge in [0.15, 0.2) is 0 Å². The van der Waals surface area contributed by atoms with Crippen molar-refractivity contribution in [3.05, 3.63) is 23.9 Å². The molecule has 0 aliphatic carbocycles. The van der Waals surface area contributed by atoms with Gasteiger partial charge in [-0.25, -0.2) is 0 Å². The average molecular weight is 161 g/mol. The molecular formula is C9H11N3. The molecule has 0 saturated heterocycles. The maximum Gasteiger partial charge on any atom is 0.115 e. The van der Waals surface area contributed by atoms with Crippen LogP contribution in [0.5, 0.6) is 0 Å². The van der Waals surface area contributed by atoms with Gasteiger partial charge in [-0.1, -0.05) is 0 Å². The van der Waals surface area contributed by atoms with Crippen molar-refractivity contribution < 1.29 is 0 Å². The van der Waals surface area contributed by atoms with E-state index in [4.69, 9.17) is 5.73 Å². The normalized spacial score (nSPS) is 10.8. The summed E-state index contributed by atoms with van der Waals surface area (Å²) < 4.78 is 1.78. The molecule has 0 radical (unpaired) electrons. The van der Waals surface area contributed by atoms with Crippen molar-refractivity contribution >= 4 is 16.6 Å². The highest BCUT2D eigenvalue weighted by atomic mass is 15.2. The first-order valence-electron chi connectivity index (χ1n) is 3.86. The Kier molecular flexibility index (Phi) is 1.33. The first-order chi connectivity index (χ1) is 5.66. The predicted molar refractivity (Wildman–Crippen MR) is 49.9 cm³/mol. The largest absolute Gasteiger partial charge is 0.397 e. The van der Waals surface area contributed by atoms with Crippen molar-refractivity contribution in [3.8, 4) is 0 Å². The smallest absolute Gasteiger partial charge is 0.115 e. The van der Waals surface area contributed by atoms with Crippen LogP contribution in [0.4, 0.5) is 5.69 Å². The molecule has 12 heavy (non-hydrogen) atoms. The van der Waals surface area contributed by atoms with E-state index in [0.717, 1.165) is 16.6 Å². The van der Waals surface area contributed by atoms with Gasteiger partial charge in [-0.2, -0.15) is 5.10 Å². The number of hydrogen-bond donors (Lipinski definition) is 1. The van der Waals surface area contributed by atoms with Gasteiger partial charge in [-0.15, -0.1) is 0 Å². The Morgan fingerprint density at radius 1 is 1.42 bits per heavy atom. The summed E-state index contributed by atoms with van der Waals surface area (Å²) in [6.45, 7) is 2.03. The number of nitrogens with zero attached hydrogens (tertiary/aromatic N) is 2. The summed E-state index contributed by atoms with van der Waals surface area (Å²) in [5.41, 5.74) is 8.62. The molecule has 1 heterocycles. The Hall–Kier alpha value is -1.51. The lowest BCUT2D eigenvalue weighted by Crippen LogP contribution is -1.89. The first-order valence-corrected chi connectivity index (χ1v) is 3.86. The third kappa shape index (κ3) is 0.942. The second-order valence-corrected chi connectivity index (χ2v) is 3.09. The van der Waals surface area contributed by atoms with Gasteiger partial charge in [0.25, 0.3) is 0 Å². The molecule has 62 valence electrons. The molecule has 3 heteroatoms. The third-order valence-corrected chi connectivity index (χ3v) is 1.90. The summed E-state index contributed by atoms with van der Waals surface area (Å²) in [5.74, 6) is 0. The van der Waals surface area contributed by atoms with E-state index in [-0.39, 0.29) is 0 Å². The number of nitrogen functional groups attached to an aromatic ring is 1. The minimum atomic E-state index is 0.755. The highest BCUT2D eigenvalue weighted by Crippen LogP contribution is 2.20. The molecule has 3 nitrogen and oxygen atoms in total. The van der Waals surface area contributed by atoms with E-state index in [2.05, 4.69) is 11.2 Å². The Morgan fingerprint density at radius 3 is 2.92 bits per heavy atom. The molecule has 0 atom stereocenters. The number of rotatable bonds is 0. The van der Waals surface area contributed by atoms with Crippen molar-refractivity contribution in [2.75, 3.05) is 5.73 Å². The first kappa shape index (κ1) is 7.16. The summed E-state index contributed by atoms with van der Waals surface area (Å²) >= 11 is 0. The van der Waals surface area contributed by atoms with Crippen LogP contribution >= 0.6 is 0 Å². The summed E-state index contributed by atoms with van der Waals surface area (Å²) in [5, 5.41) is 5.35. The molecule has 2 rings (SSSR count). The molecule has 2 aromatic rings. The van der Waals surface area contributed by atoms with Crippen LogP contribution < -0.4 is 5.73 Å². The van der Waals surface area contributed by atoms with Gasteiger partial charge in [0.1, 0.15) is 5.52 Å². The fraction of sp³-hybridized carbons (Fsp3) is 0.222. The Labute approximate surface area is 70.8 Å². The third-order valence-electron chi connectivity index (χ3n) is 1.90. The van der Waals surface area contributed by atoms with Crippen LogP contribution in [-0.2, 0) is 7.05 Å². The Morgan fingerprint density at radius 2 is 2.17 bits per heavy atom. The van der Waals surface area contributed by atoms with Crippen LogP contribution in [0.3, 0.4) is 0 Å². The molecule has 1 aromatic heterocycles. The summed E-state index contributed by atoms with van der Waals surface area (Å²) in [6.07, 6.45) is 1.97. The van der Waals surface area contributed by atoms with Crippen LogP contribution in [0.25, 0.3) is 10.9 Å². The summed E-state index contributed by atoms with van der Waals surface area (Å²) in [4.78, 5) is 0. The Balaban J connectivity index is 2.88. The fourth-order valence-electron chi connectivity index (χ4n) is 1.44. The molecule has 0 saturated carbocycles. The van der Waals surface area contributed by atoms with Gasteiger partial charge < -0.3 is 5.73 Å². The van der Waals surface area contributed by atoms with Gasteiger partial charge in [-0.3, -0.25) is 4.68 Å². The van der Waals surface area contributed by atoms with Crippen LogP contribution in [0, 0.1) is 6.92 Å². The van der Waals surface area contributed by atoms with Crippen molar-refractivity contribution in [2.24, 2.45) is 7.05 Å². The molecule has 0 spiro atoms. The number of anilines is 1. The second-order valence-electron chi connectivity index (χ2n) is 3.09. The molecule has 0 aliphatic rings. The molecule has 0 aliphatic heterocycles. The van der Waals surface area contributed by atoms with E-state index in [1.807, 2.05) is 26.2 Å². The van der Waals surface area contributed by atoms with E-state index < -0.39 is 0 Å². The lowest BCUT2D eigenvalue weighted by molar-refractivity contribution is 0.780.